The van der Waals surface area contributed by atoms with Gasteiger partial charge in [-0.2, -0.15) is 0 Å². The van der Waals surface area contributed by atoms with Gasteiger partial charge in [0.15, 0.2) is 6.29 Å². The molecule has 0 saturated heterocycles. The maximum Gasteiger partial charge on any atom is 0.153 e. The van der Waals surface area contributed by atoms with Gasteiger partial charge in [-0.05, 0) is 30.3 Å². The van der Waals surface area contributed by atoms with E-state index in [2.05, 4.69) is 4.98 Å². The van der Waals surface area contributed by atoms with E-state index < -0.39 is 0 Å². The van der Waals surface area contributed by atoms with Gasteiger partial charge in [0, 0.05) is 10.9 Å². The van der Waals surface area contributed by atoms with Crippen LogP contribution in [-0.4, -0.2) is 17.6 Å². The lowest BCUT2D eigenvalue weighted by molar-refractivity contribution is 0.111. The lowest BCUT2D eigenvalue weighted by atomic mass is 10.1. The third-order valence-electron chi connectivity index (χ3n) is 3.33. The normalized spacial score (nSPS) is 10.4. The van der Waals surface area contributed by atoms with Crippen molar-refractivity contribution in [3.63, 3.8) is 0 Å². The molecule has 4 nitrogen and oxygen atoms in total. The molecule has 3 rings (SSSR count). The molecule has 4 heteroatoms. The zero-order chi connectivity index (χ0) is 15.4. The van der Waals surface area contributed by atoms with Gasteiger partial charge in [-0.15, -0.1) is 0 Å². The minimum Gasteiger partial charge on any atom is -0.487 e. The van der Waals surface area contributed by atoms with E-state index in [9.17, 15) is 9.59 Å². The summed E-state index contributed by atoms with van der Waals surface area (Å²) in [6, 6.07) is 16.4. The molecule has 0 amide bonds. The summed E-state index contributed by atoms with van der Waals surface area (Å²) < 4.78 is 5.65. The van der Waals surface area contributed by atoms with Crippen LogP contribution in [0.25, 0.3) is 10.9 Å². The van der Waals surface area contributed by atoms with Gasteiger partial charge in [-0.1, -0.05) is 24.3 Å². The second-order valence-corrected chi connectivity index (χ2v) is 4.82. The van der Waals surface area contributed by atoms with Gasteiger partial charge in [0.1, 0.15) is 18.6 Å². The minimum atomic E-state index is 0.256. The highest BCUT2D eigenvalue weighted by atomic mass is 16.5. The monoisotopic (exact) mass is 291 g/mol. The first-order chi connectivity index (χ1) is 10.8. The third-order valence-corrected chi connectivity index (χ3v) is 3.33. The van der Waals surface area contributed by atoms with Crippen molar-refractivity contribution in [3.05, 3.63) is 71.4 Å². The van der Waals surface area contributed by atoms with Gasteiger partial charge in [-0.3, -0.25) is 9.59 Å². The number of benzene rings is 2. The van der Waals surface area contributed by atoms with Crippen molar-refractivity contribution < 1.29 is 14.3 Å². The number of aldehydes is 2. The molecule has 0 unspecified atom stereocenters. The molecule has 2 aromatic carbocycles. The summed E-state index contributed by atoms with van der Waals surface area (Å²) in [7, 11) is 0. The number of hydrogen-bond donors (Lipinski definition) is 0. The highest BCUT2D eigenvalue weighted by Crippen LogP contribution is 2.20. The number of ether oxygens (including phenoxy) is 1. The summed E-state index contributed by atoms with van der Waals surface area (Å²) in [5, 5.41) is 1.06. The van der Waals surface area contributed by atoms with Crippen molar-refractivity contribution in [2.24, 2.45) is 0 Å². The van der Waals surface area contributed by atoms with Crippen LogP contribution in [0.1, 0.15) is 26.4 Å². The zero-order valence-electron chi connectivity index (χ0n) is 11.7. The molecule has 0 spiro atoms. The number of carbonyl (C=O) groups excluding carboxylic acids is 2. The SMILES string of the molecule is O=Cc1ccc(OCc2ccc3ccccc3n2)c(C=O)c1. The van der Waals surface area contributed by atoms with Crippen LogP contribution in [0.5, 0.6) is 5.75 Å². The molecular formula is C18H13NO3. The Bertz CT molecular complexity index is 843. The highest BCUT2D eigenvalue weighted by Gasteiger charge is 2.06. The number of nitrogens with zero attached hydrogens (tertiary/aromatic N) is 1. The highest BCUT2D eigenvalue weighted by molar-refractivity contribution is 5.85. The van der Waals surface area contributed by atoms with Gasteiger partial charge < -0.3 is 4.74 Å². The van der Waals surface area contributed by atoms with Crippen molar-refractivity contribution >= 4 is 23.5 Å². The van der Waals surface area contributed by atoms with Crippen molar-refractivity contribution in [2.75, 3.05) is 0 Å². The van der Waals surface area contributed by atoms with Crippen molar-refractivity contribution in [2.45, 2.75) is 6.61 Å². The predicted octanol–water partition coefficient (Wildman–Crippen LogP) is 3.44. The fraction of sp³-hybridized carbons (Fsp3) is 0.0556. The van der Waals surface area contributed by atoms with Gasteiger partial charge in [0.2, 0.25) is 0 Å². The Morgan fingerprint density at radius 3 is 2.64 bits per heavy atom. The average molecular weight is 291 g/mol. The lowest BCUT2D eigenvalue weighted by Crippen LogP contribution is -2.01. The van der Waals surface area contributed by atoms with Crippen LogP contribution in [0.2, 0.25) is 0 Å². The number of aromatic nitrogens is 1. The number of para-hydroxylation sites is 1. The molecule has 0 fully saturated rings. The molecule has 0 bridgehead atoms. The van der Waals surface area contributed by atoms with Crippen LogP contribution in [0, 0.1) is 0 Å². The molecule has 1 aromatic heterocycles. The first-order valence-electron chi connectivity index (χ1n) is 6.82. The predicted molar refractivity (Wildman–Crippen MR) is 83.3 cm³/mol. The maximum absolute atomic E-state index is 11.1. The number of carbonyl (C=O) groups is 2. The Balaban J connectivity index is 1.81. The molecule has 1 heterocycles. The summed E-state index contributed by atoms with van der Waals surface area (Å²) >= 11 is 0. The molecule has 3 aromatic rings. The Labute approximate surface area is 127 Å². The standard InChI is InChI=1S/C18H13NO3/c20-10-13-5-8-18(15(9-13)11-21)22-12-16-7-6-14-3-1-2-4-17(14)19-16/h1-11H,12H2. The fourth-order valence-electron chi connectivity index (χ4n) is 2.20. The van der Waals surface area contributed by atoms with E-state index in [4.69, 9.17) is 4.74 Å². The van der Waals surface area contributed by atoms with Crippen LogP contribution in [0.15, 0.2) is 54.6 Å². The second kappa shape index (κ2) is 6.18. The number of rotatable bonds is 5. The van der Waals surface area contributed by atoms with Gasteiger partial charge in [0.05, 0.1) is 16.8 Å². The van der Waals surface area contributed by atoms with Crippen molar-refractivity contribution in [1.82, 2.24) is 4.98 Å². The van der Waals surface area contributed by atoms with Crippen molar-refractivity contribution in [1.29, 1.82) is 0 Å². The summed E-state index contributed by atoms with van der Waals surface area (Å²) in [6.07, 6.45) is 1.37. The summed E-state index contributed by atoms with van der Waals surface area (Å²) in [6.45, 7) is 0.256. The first kappa shape index (κ1) is 13.9. The number of fused-ring (bicyclic) bond motifs is 1. The molecule has 0 aliphatic carbocycles. The van der Waals surface area contributed by atoms with E-state index >= 15 is 0 Å². The Hall–Kier alpha value is -3.01. The van der Waals surface area contributed by atoms with Crippen LogP contribution in [-0.2, 0) is 6.61 Å². The number of hydrogen-bond acceptors (Lipinski definition) is 4. The van der Waals surface area contributed by atoms with E-state index in [1.807, 2.05) is 36.4 Å². The molecule has 22 heavy (non-hydrogen) atoms. The van der Waals surface area contributed by atoms with Crippen LogP contribution in [0.3, 0.4) is 0 Å². The number of pyridine rings is 1. The molecule has 0 aliphatic rings. The topological polar surface area (TPSA) is 56.3 Å². The molecule has 108 valence electrons. The Kier molecular flexibility index (Phi) is 3.92. The second-order valence-electron chi connectivity index (χ2n) is 4.82. The maximum atomic E-state index is 11.1. The van der Waals surface area contributed by atoms with E-state index in [1.54, 1.807) is 12.1 Å². The quantitative estimate of drug-likeness (QED) is 0.676. The third kappa shape index (κ3) is 2.86. The van der Waals surface area contributed by atoms with E-state index in [0.717, 1.165) is 16.6 Å². The average Bonchev–Trinajstić information content (AvgIpc) is 2.59. The van der Waals surface area contributed by atoms with Gasteiger partial charge >= 0.3 is 0 Å². The largest absolute Gasteiger partial charge is 0.487 e. The van der Waals surface area contributed by atoms with Crippen LogP contribution >= 0.6 is 0 Å². The van der Waals surface area contributed by atoms with Crippen LogP contribution < -0.4 is 4.74 Å². The molecule has 0 saturated carbocycles. The minimum absolute atomic E-state index is 0.256. The smallest absolute Gasteiger partial charge is 0.153 e. The summed E-state index contributed by atoms with van der Waals surface area (Å²) in [4.78, 5) is 26.3. The van der Waals surface area contributed by atoms with E-state index in [0.29, 0.717) is 29.4 Å². The molecular weight excluding hydrogens is 278 g/mol. The molecule has 0 atom stereocenters. The Morgan fingerprint density at radius 2 is 1.82 bits per heavy atom. The lowest BCUT2D eigenvalue weighted by Gasteiger charge is -2.09. The molecule has 0 radical (unpaired) electrons. The molecule has 0 N–H and O–H groups in total. The fourth-order valence-corrected chi connectivity index (χ4v) is 2.20. The van der Waals surface area contributed by atoms with Gasteiger partial charge in [-0.25, -0.2) is 4.98 Å². The van der Waals surface area contributed by atoms with E-state index in [1.165, 1.54) is 6.07 Å². The van der Waals surface area contributed by atoms with Crippen LogP contribution in [0.4, 0.5) is 0 Å². The summed E-state index contributed by atoms with van der Waals surface area (Å²) in [5.41, 5.74) is 2.47. The Morgan fingerprint density at radius 1 is 0.955 bits per heavy atom. The van der Waals surface area contributed by atoms with Gasteiger partial charge in [0.25, 0.3) is 0 Å². The van der Waals surface area contributed by atoms with Crippen molar-refractivity contribution in [3.8, 4) is 5.75 Å². The summed E-state index contributed by atoms with van der Waals surface area (Å²) in [5.74, 6) is 0.440. The zero-order valence-corrected chi connectivity index (χ0v) is 11.7. The van der Waals surface area contributed by atoms with E-state index in [-0.39, 0.29) is 6.61 Å². The first-order valence-corrected chi connectivity index (χ1v) is 6.82. The molecule has 0 aliphatic heterocycles.